The number of hydrogen-bond acceptors (Lipinski definition) is 5. The molecule has 0 aliphatic carbocycles. The highest BCUT2D eigenvalue weighted by atomic mass is 127. The van der Waals surface area contributed by atoms with Crippen molar-refractivity contribution in [3.63, 3.8) is 0 Å². The maximum atomic E-state index is 5.33. The van der Waals surface area contributed by atoms with Gasteiger partial charge in [-0.15, -0.1) is 24.0 Å². The number of halogens is 1. The number of benzene rings is 1. The van der Waals surface area contributed by atoms with Crippen LogP contribution in [0.2, 0.25) is 0 Å². The average molecular weight is 532 g/mol. The van der Waals surface area contributed by atoms with E-state index in [9.17, 15) is 0 Å². The zero-order valence-corrected chi connectivity index (χ0v) is 20.1. The van der Waals surface area contributed by atoms with Crippen molar-refractivity contribution in [1.29, 1.82) is 0 Å². The van der Waals surface area contributed by atoms with E-state index in [1.54, 1.807) is 6.20 Å². The third kappa shape index (κ3) is 6.49. The van der Waals surface area contributed by atoms with Gasteiger partial charge in [0.15, 0.2) is 11.8 Å². The van der Waals surface area contributed by atoms with Crippen molar-refractivity contribution in [2.75, 3.05) is 26.2 Å². The fraction of sp³-hybridized carbons (Fsp3) is 0.391. The number of hydrogen-bond donors (Lipinski definition) is 1. The zero-order chi connectivity index (χ0) is 20.6. The van der Waals surface area contributed by atoms with E-state index >= 15 is 0 Å². The average Bonchev–Trinajstić information content (AvgIpc) is 3.44. The molecule has 1 aromatic carbocycles. The summed E-state index contributed by atoms with van der Waals surface area (Å²) in [4.78, 5) is 15.9. The maximum absolute atomic E-state index is 5.33. The second kappa shape index (κ2) is 11.8. The molecule has 3 heterocycles. The second-order valence-corrected chi connectivity index (χ2v) is 7.51. The van der Waals surface area contributed by atoms with Crippen LogP contribution in [-0.2, 0) is 12.8 Å². The van der Waals surface area contributed by atoms with Crippen molar-refractivity contribution >= 4 is 29.9 Å². The van der Waals surface area contributed by atoms with Crippen LogP contribution in [0.15, 0.2) is 64.2 Å². The summed E-state index contributed by atoms with van der Waals surface area (Å²) in [7, 11) is 0. The third-order valence-electron chi connectivity index (χ3n) is 5.24. The van der Waals surface area contributed by atoms with E-state index in [-0.39, 0.29) is 24.0 Å². The summed E-state index contributed by atoms with van der Waals surface area (Å²) in [6.07, 6.45) is 4.66. The van der Waals surface area contributed by atoms with E-state index < -0.39 is 0 Å². The van der Waals surface area contributed by atoms with Crippen LogP contribution in [0.1, 0.15) is 24.7 Å². The lowest BCUT2D eigenvalue weighted by Crippen LogP contribution is -2.40. The minimum absolute atomic E-state index is 0. The molecule has 0 spiro atoms. The van der Waals surface area contributed by atoms with Gasteiger partial charge in [0.1, 0.15) is 5.69 Å². The summed E-state index contributed by atoms with van der Waals surface area (Å²) < 4.78 is 5.33. The molecule has 1 N–H and O–H groups in total. The smallest absolute Gasteiger partial charge is 0.276 e. The van der Waals surface area contributed by atoms with Crippen LogP contribution < -0.4 is 5.32 Å². The number of nitrogens with zero attached hydrogens (tertiary/aromatic N) is 5. The minimum Gasteiger partial charge on any atom is -0.357 e. The Balaban J connectivity index is 0.00000272. The van der Waals surface area contributed by atoms with Gasteiger partial charge in [-0.1, -0.05) is 41.6 Å². The van der Waals surface area contributed by atoms with Crippen molar-refractivity contribution in [1.82, 2.24) is 25.3 Å². The highest BCUT2D eigenvalue weighted by molar-refractivity contribution is 14.0. The standard InChI is InChI=1S/C23H28N6O.HI/c1-2-24-23(29-15-12-19(17-29)16-18-8-4-3-5-9-18)26-14-11-21-27-22(30-28-21)20-10-6-7-13-25-20;/h3-10,13,19H,2,11-12,14-17H2,1H3,(H,24,26);1H. The normalized spacial score (nSPS) is 16.2. The first kappa shape index (κ1) is 23.2. The molecule has 31 heavy (non-hydrogen) atoms. The number of pyridine rings is 1. The van der Waals surface area contributed by atoms with Crippen LogP contribution in [0.3, 0.4) is 0 Å². The van der Waals surface area contributed by atoms with Gasteiger partial charge in [0, 0.05) is 38.8 Å². The first-order valence-electron chi connectivity index (χ1n) is 10.6. The number of likely N-dealkylation sites (tertiary alicyclic amines) is 1. The van der Waals surface area contributed by atoms with Gasteiger partial charge in [-0.25, -0.2) is 0 Å². The maximum Gasteiger partial charge on any atom is 0.276 e. The lowest BCUT2D eigenvalue weighted by Gasteiger charge is -2.21. The van der Waals surface area contributed by atoms with Crippen LogP contribution in [0.5, 0.6) is 0 Å². The summed E-state index contributed by atoms with van der Waals surface area (Å²) in [6.45, 7) is 5.64. The van der Waals surface area contributed by atoms with E-state index in [0.717, 1.165) is 32.0 Å². The summed E-state index contributed by atoms with van der Waals surface area (Å²) in [5.74, 6) is 2.74. The Morgan fingerprint density at radius 1 is 1.19 bits per heavy atom. The van der Waals surface area contributed by atoms with Crippen LogP contribution in [-0.4, -0.2) is 52.2 Å². The molecule has 1 unspecified atom stereocenters. The van der Waals surface area contributed by atoms with E-state index in [1.165, 1.54) is 12.0 Å². The molecule has 1 atom stereocenters. The van der Waals surface area contributed by atoms with Crippen molar-refractivity contribution in [2.45, 2.75) is 26.2 Å². The summed E-state index contributed by atoms with van der Waals surface area (Å²) in [5, 5.41) is 7.49. The summed E-state index contributed by atoms with van der Waals surface area (Å²) in [5.41, 5.74) is 2.10. The van der Waals surface area contributed by atoms with Crippen LogP contribution in [0, 0.1) is 5.92 Å². The Kier molecular flexibility index (Phi) is 8.81. The van der Waals surface area contributed by atoms with E-state index in [2.05, 4.69) is 62.6 Å². The molecule has 0 saturated carbocycles. The predicted molar refractivity (Wildman–Crippen MR) is 132 cm³/mol. The van der Waals surface area contributed by atoms with Gasteiger partial charge < -0.3 is 14.7 Å². The van der Waals surface area contributed by atoms with Crippen LogP contribution >= 0.6 is 24.0 Å². The summed E-state index contributed by atoms with van der Waals surface area (Å²) >= 11 is 0. The van der Waals surface area contributed by atoms with Gasteiger partial charge in [-0.3, -0.25) is 9.98 Å². The monoisotopic (exact) mass is 532 g/mol. The molecule has 7 nitrogen and oxygen atoms in total. The number of aromatic nitrogens is 3. The zero-order valence-electron chi connectivity index (χ0n) is 17.8. The van der Waals surface area contributed by atoms with Gasteiger partial charge in [0.2, 0.25) is 0 Å². The highest BCUT2D eigenvalue weighted by Gasteiger charge is 2.25. The number of aliphatic imine (C=N–C) groups is 1. The summed E-state index contributed by atoms with van der Waals surface area (Å²) in [6, 6.07) is 16.4. The van der Waals surface area contributed by atoms with E-state index in [4.69, 9.17) is 9.52 Å². The molecule has 8 heteroatoms. The SMILES string of the molecule is CCNC(=NCCc1noc(-c2ccccn2)n1)N1CCC(Cc2ccccc2)C1.I. The number of guanidine groups is 1. The minimum atomic E-state index is 0. The Morgan fingerprint density at radius 3 is 2.81 bits per heavy atom. The largest absolute Gasteiger partial charge is 0.357 e. The molecule has 0 bridgehead atoms. The van der Waals surface area contributed by atoms with Crippen LogP contribution in [0.4, 0.5) is 0 Å². The number of nitrogens with one attached hydrogen (secondary N) is 1. The van der Waals surface area contributed by atoms with Crippen molar-refractivity contribution in [3.8, 4) is 11.6 Å². The van der Waals surface area contributed by atoms with Crippen molar-refractivity contribution in [3.05, 3.63) is 66.1 Å². The van der Waals surface area contributed by atoms with E-state index in [1.807, 2.05) is 18.2 Å². The lowest BCUT2D eigenvalue weighted by atomic mass is 9.99. The first-order chi connectivity index (χ1) is 14.8. The molecule has 4 rings (SSSR count). The molecule has 2 aromatic heterocycles. The molecule has 1 saturated heterocycles. The molecule has 164 valence electrons. The van der Waals surface area contributed by atoms with Gasteiger partial charge in [-0.05, 0) is 43.4 Å². The van der Waals surface area contributed by atoms with Crippen molar-refractivity contribution in [2.24, 2.45) is 10.9 Å². The fourth-order valence-electron chi connectivity index (χ4n) is 3.78. The topological polar surface area (TPSA) is 79.4 Å². The Morgan fingerprint density at radius 2 is 2.03 bits per heavy atom. The van der Waals surface area contributed by atoms with Crippen LogP contribution in [0.25, 0.3) is 11.6 Å². The van der Waals surface area contributed by atoms with Gasteiger partial charge in [0.25, 0.3) is 5.89 Å². The molecule has 1 fully saturated rings. The van der Waals surface area contributed by atoms with Crippen molar-refractivity contribution < 1.29 is 4.52 Å². The molecule has 1 aliphatic heterocycles. The third-order valence-corrected chi connectivity index (χ3v) is 5.24. The quantitative estimate of drug-likeness (QED) is 0.283. The molecule has 3 aromatic rings. The molecule has 0 radical (unpaired) electrons. The fourth-order valence-corrected chi connectivity index (χ4v) is 3.78. The van der Waals surface area contributed by atoms with Gasteiger partial charge >= 0.3 is 0 Å². The highest BCUT2D eigenvalue weighted by Crippen LogP contribution is 2.21. The Bertz CT molecular complexity index is 947. The Hall–Kier alpha value is -2.49. The predicted octanol–water partition coefficient (Wildman–Crippen LogP) is 3.82. The van der Waals surface area contributed by atoms with Gasteiger partial charge in [0.05, 0.1) is 0 Å². The first-order valence-corrected chi connectivity index (χ1v) is 10.6. The van der Waals surface area contributed by atoms with Gasteiger partial charge in [-0.2, -0.15) is 4.98 Å². The second-order valence-electron chi connectivity index (χ2n) is 7.51. The Labute approximate surface area is 200 Å². The number of rotatable bonds is 7. The molecule has 0 amide bonds. The molecular formula is C23H29IN6O. The molecule has 1 aliphatic rings. The van der Waals surface area contributed by atoms with E-state index in [0.29, 0.717) is 36.3 Å². The molecular weight excluding hydrogens is 503 g/mol. The lowest BCUT2D eigenvalue weighted by molar-refractivity contribution is 0.421.